The summed E-state index contributed by atoms with van der Waals surface area (Å²) in [5, 5.41) is 0. The molecule has 34 heavy (non-hydrogen) atoms. The normalized spacial score (nSPS) is 15.1. The van der Waals surface area contributed by atoms with Crippen LogP contribution in [0.4, 0.5) is 32.0 Å². The van der Waals surface area contributed by atoms with E-state index in [2.05, 4.69) is 0 Å². The maximum absolute atomic E-state index is 13.0. The molecule has 0 fully saturated rings. The van der Waals surface area contributed by atoms with Crippen molar-refractivity contribution in [2.24, 2.45) is 0 Å². The van der Waals surface area contributed by atoms with Gasteiger partial charge in [-0.1, -0.05) is 24.3 Å². The zero-order chi connectivity index (χ0) is 26.3. The van der Waals surface area contributed by atoms with Crippen molar-refractivity contribution in [1.82, 2.24) is 0 Å². The summed E-state index contributed by atoms with van der Waals surface area (Å²) >= 11 is 0. The summed E-state index contributed by atoms with van der Waals surface area (Å²) < 4.78 is 175. The summed E-state index contributed by atoms with van der Waals surface area (Å²) in [5.74, 6) is 0. The van der Waals surface area contributed by atoms with Crippen molar-refractivity contribution < 1.29 is 60.0 Å². The number of fused-ring (bicyclic) bond motifs is 3. The first-order chi connectivity index (χ1) is 15.1. The van der Waals surface area contributed by atoms with Crippen LogP contribution < -0.4 is 5.73 Å². The highest BCUT2D eigenvalue weighted by atomic mass is 33.2. The number of benzene rings is 2. The summed E-state index contributed by atoms with van der Waals surface area (Å²) in [6, 6.07) is 5.46. The molecule has 0 aromatic heterocycles. The smallest absolute Gasteiger partial charge is 0.397 e. The van der Waals surface area contributed by atoms with Gasteiger partial charge in [-0.15, -0.1) is 0 Å². The van der Waals surface area contributed by atoms with Gasteiger partial charge in [0.1, 0.15) is 9.79 Å². The Labute approximate surface area is 186 Å². The van der Waals surface area contributed by atoms with Crippen LogP contribution in [0.1, 0.15) is 11.1 Å². The second kappa shape index (κ2) is 7.31. The summed E-state index contributed by atoms with van der Waals surface area (Å²) in [6.07, 6.45) is -0.377. The highest BCUT2D eigenvalue weighted by Gasteiger charge is 2.61. The van der Waals surface area contributed by atoms with Crippen molar-refractivity contribution in [3.63, 3.8) is 0 Å². The largest absolute Gasteiger partial charge is 0.512 e. The van der Waals surface area contributed by atoms with Gasteiger partial charge >= 0.3 is 28.8 Å². The van der Waals surface area contributed by atoms with E-state index in [4.69, 9.17) is 5.73 Å². The Morgan fingerprint density at radius 1 is 0.706 bits per heavy atom. The van der Waals surface area contributed by atoms with Gasteiger partial charge in [-0.3, -0.25) is 0 Å². The molecule has 2 N–H and O–H groups in total. The number of alkyl halides is 6. The fourth-order valence-electron chi connectivity index (χ4n) is 3.18. The number of hydrogen-bond acceptors (Lipinski definition) is 9. The molecule has 19 heteroatoms. The molecule has 0 spiro atoms. The topological polar surface area (TPSA) is 163 Å². The molecule has 0 amide bonds. The molecule has 0 saturated heterocycles. The molecule has 0 bridgehead atoms. The number of hydrogen-bond donors (Lipinski definition) is 1. The van der Waals surface area contributed by atoms with Crippen molar-refractivity contribution in [3.8, 4) is 11.1 Å². The molecule has 2 aromatic carbocycles. The zero-order valence-corrected chi connectivity index (χ0v) is 19.1. The SMILES string of the molecule is Nc1c2c(cc(S(=O)(=O)S(=O)(=O)C(F)(F)F)c1S(=O)(=O)S(=O)(=O)C(F)(F)F)-c1ccccc1C2. The molecule has 9 nitrogen and oxygen atoms in total. The highest BCUT2D eigenvalue weighted by molar-refractivity contribution is 8.69. The summed E-state index contributed by atoms with van der Waals surface area (Å²) in [7, 11) is -28.5. The lowest BCUT2D eigenvalue weighted by Crippen LogP contribution is -2.35. The van der Waals surface area contributed by atoms with Crippen molar-refractivity contribution in [3.05, 3.63) is 41.5 Å². The Morgan fingerprint density at radius 2 is 1.18 bits per heavy atom. The molecular formula is C15H9F6NO8S4. The van der Waals surface area contributed by atoms with E-state index in [9.17, 15) is 60.0 Å². The molecule has 0 radical (unpaired) electrons. The van der Waals surface area contributed by atoms with Crippen LogP contribution in [0, 0.1) is 0 Å². The van der Waals surface area contributed by atoms with Gasteiger partial charge in [0, 0.05) is 6.42 Å². The van der Waals surface area contributed by atoms with Crippen molar-refractivity contribution in [2.75, 3.05) is 5.73 Å². The maximum atomic E-state index is 13.0. The van der Waals surface area contributed by atoms with Gasteiger partial charge < -0.3 is 5.73 Å². The molecule has 0 saturated carbocycles. The zero-order valence-electron chi connectivity index (χ0n) is 15.8. The fourth-order valence-corrected chi connectivity index (χ4v) is 10.2. The minimum atomic E-state index is -7.35. The van der Waals surface area contributed by atoms with Crippen LogP contribution in [0.15, 0.2) is 40.1 Å². The molecule has 0 unspecified atom stereocenters. The quantitative estimate of drug-likeness (QED) is 0.280. The average molecular weight is 573 g/mol. The van der Waals surface area contributed by atoms with E-state index in [1.807, 2.05) is 0 Å². The molecule has 3 rings (SSSR count). The van der Waals surface area contributed by atoms with E-state index in [1.54, 1.807) is 0 Å². The monoisotopic (exact) mass is 573 g/mol. The summed E-state index contributed by atoms with van der Waals surface area (Å²) in [5.41, 5.74) is -9.57. The molecule has 0 atom stereocenters. The molecule has 188 valence electrons. The minimum absolute atomic E-state index is 0.0488. The van der Waals surface area contributed by atoms with Crippen molar-refractivity contribution in [1.29, 1.82) is 0 Å². The van der Waals surface area contributed by atoms with E-state index in [-0.39, 0.29) is 23.6 Å². The predicted octanol–water partition coefficient (Wildman–Crippen LogP) is 2.09. The van der Waals surface area contributed by atoms with Gasteiger partial charge in [0.2, 0.25) is 0 Å². The second-order valence-corrected chi connectivity index (χ2v) is 17.4. The van der Waals surface area contributed by atoms with Crippen LogP contribution in [0.3, 0.4) is 0 Å². The lowest BCUT2D eigenvalue weighted by Gasteiger charge is -2.18. The maximum Gasteiger partial charge on any atom is 0.512 e. The van der Waals surface area contributed by atoms with Gasteiger partial charge in [0.25, 0.3) is 17.7 Å². The molecule has 0 heterocycles. The van der Waals surface area contributed by atoms with Gasteiger partial charge in [0.15, 0.2) is 0 Å². The molecule has 1 aliphatic rings. The Bertz CT molecular complexity index is 1660. The molecule has 2 aromatic rings. The number of halogens is 6. The van der Waals surface area contributed by atoms with Gasteiger partial charge in [-0.05, 0) is 28.3 Å². The van der Waals surface area contributed by atoms with E-state index in [1.165, 1.54) is 24.3 Å². The van der Waals surface area contributed by atoms with E-state index in [0.29, 0.717) is 0 Å². The average Bonchev–Trinajstić information content (AvgIpc) is 3.05. The Balaban J connectivity index is 2.59. The van der Waals surface area contributed by atoms with Crippen LogP contribution >= 0.6 is 0 Å². The first-order valence-corrected chi connectivity index (χ1v) is 15.2. The molecular weight excluding hydrogens is 564 g/mol. The molecule has 1 aliphatic carbocycles. The van der Waals surface area contributed by atoms with Crippen LogP contribution in [0.5, 0.6) is 0 Å². The lowest BCUT2D eigenvalue weighted by molar-refractivity contribution is -0.0419. The van der Waals surface area contributed by atoms with Crippen molar-refractivity contribution >= 4 is 41.2 Å². The number of nitrogen functional groups attached to an aromatic ring is 1. The van der Waals surface area contributed by atoms with E-state index in [0.717, 1.165) is 0 Å². The fraction of sp³-hybridized carbons (Fsp3) is 0.200. The third-order valence-electron chi connectivity index (χ3n) is 4.73. The first-order valence-electron chi connectivity index (χ1n) is 8.27. The van der Waals surface area contributed by atoms with Crippen LogP contribution in [0.2, 0.25) is 0 Å². The lowest BCUT2D eigenvalue weighted by atomic mass is 10.1. The third-order valence-corrected chi connectivity index (χ3v) is 14.6. The van der Waals surface area contributed by atoms with Gasteiger partial charge in [-0.2, -0.15) is 26.3 Å². The van der Waals surface area contributed by atoms with Gasteiger partial charge in [-0.25, -0.2) is 33.7 Å². The Morgan fingerprint density at radius 3 is 1.68 bits per heavy atom. The van der Waals surface area contributed by atoms with E-state index >= 15 is 0 Å². The van der Waals surface area contributed by atoms with Crippen LogP contribution in [0.25, 0.3) is 11.1 Å². The number of rotatable bonds is 4. The highest BCUT2D eigenvalue weighted by Crippen LogP contribution is 2.48. The summed E-state index contributed by atoms with van der Waals surface area (Å²) in [4.78, 5) is -4.82. The predicted molar refractivity (Wildman–Crippen MR) is 103 cm³/mol. The van der Waals surface area contributed by atoms with Crippen LogP contribution in [-0.2, 0) is 41.9 Å². The Kier molecular flexibility index (Phi) is 5.64. The standard InChI is InChI=1S/C15H9F6NO8S4/c16-14(17,18)33(27,28)31(23,24)11-6-9-8-4-2-1-3-7(8)5-10(9)12(22)13(11)32(25,26)34(29,30)15(19,20)21/h1-4,6H,5,22H2. The Hall–Kier alpha value is -2.38. The minimum Gasteiger partial charge on any atom is -0.397 e. The second-order valence-electron chi connectivity index (χ2n) is 6.69. The molecule has 0 aliphatic heterocycles. The van der Waals surface area contributed by atoms with E-state index < -0.39 is 73.1 Å². The number of nitrogens with two attached hydrogens (primary N) is 1. The van der Waals surface area contributed by atoms with Crippen LogP contribution in [-0.4, -0.2) is 44.7 Å². The first kappa shape index (κ1) is 26.2. The van der Waals surface area contributed by atoms with Gasteiger partial charge in [0.05, 0.1) is 5.69 Å². The summed E-state index contributed by atoms with van der Waals surface area (Å²) in [6.45, 7) is 0. The third kappa shape index (κ3) is 3.39. The number of anilines is 1. The van der Waals surface area contributed by atoms with Crippen molar-refractivity contribution in [2.45, 2.75) is 27.2 Å².